The molecule has 0 saturated heterocycles. The van der Waals surface area contributed by atoms with E-state index in [1.54, 1.807) is 25.1 Å². The molecule has 1 aliphatic rings. The van der Waals surface area contributed by atoms with Crippen molar-refractivity contribution in [1.29, 1.82) is 0 Å². The van der Waals surface area contributed by atoms with Gasteiger partial charge in [0.25, 0.3) is 5.91 Å². The lowest BCUT2D eigenvalue weighted by Gasteiger charge is -2.13. The minimum absolute atomic E-state index is 0.0680. The van der Waals surface area contributed by atoms with Crippen LogP contribution < -0.4 is 20.5 Å². The molecule has 1 unspecified atom stereocenters. The number of rotatable bonds is 4. The molecule has 7 nitrogen and oxygen atoms in total. The Labute approximate surface area is 110 Å². The fraction of sp³-hybridized carbons (Fsp3) is 0.333. The Hall–Kier alpha value is -2.44. The summed E-state index contributed by atoms with van der Waals surface area (Å²) >= 11 is 0. The SMILES string of the molecule is CC(CC(N)=NO)NC(=O)c1ccc2c(c1)OCO2. The second kappa shape index (κ2) is 5.47. The van der Waals surface area contributed by atoms with Crippen LogP contribution in [0.5, 0.6) is 11.5 Å². The molecule has 4 N–H and O–H groups in total. The molecule has 102 valence electrons. The first-order chi connectivity index (χ1) is 9.10. The number of benzene rings is 1. The number of ether oxygens (including phenoxy) is 2. The van der Waals surface area contributed by atoms with E-state index in [0.29, 0.717) is 17.1 Å². The predicted molar refractivity (Wildman–Crippen MR) is 67.5 cm³/mol. The second-order valence-corrected chi connectivity index (χ2v) is 4.24. The van der Waals surface area contributed by atoms with Crippen LogP contribution in [0, 0.1) is 0 Å². The molecule has 1 atom stereocenters. The van der Waals surface area contributed by atoms with Gasteiger partial charge in [-0.2, -0.15) is 0 Å². The van der Waals surface area contributed by atoms with Crippen molar-refractivity contribution in [2.45, 2.75) is 19.4 Å². The van der Waals surface area contributed by atoms with Crippen molar-refractivity contribution in [2.75, 3.05) is 6.79 Å². The molecule has 0 aliphatic carbocycles. The summed E-state index contributed by atoms with van der Waals surface area (Å²) in [6.45, 7) is 1.93. The Morgan fingerprint density at radius 1 is 1.53 bits per heavy atom. The summed E-state index contributed by atoms with van der Waals surface area (Å²) in [4.78, 5) is 12.0. The highest BCUT2D eigenvalue weighted by atomic mass is 16.7. The normalized spacial score (nSPS) is 15.1. The molecule has 1 aromatic carbocycles. The zero-order valence-corrected chi connectivity index (χ0v) is 10.4. The molecule has 19 heavy (non-hydrogen) atoms. The van der Waals surface area contributed by atoms with Crippen molar-refractivity contribution in [3.63, 3.8) is 0 Å². The zero-order chi connectivity index (χ0) is 13.8. The van der Waals surface area contributed by atoms with Crippen LogP contribution in [0.3, 0.4) is 0 Å². The van der Waals surface area contributed by atoms with Crippen molar-refractivity contribution < 1.29 is 19.5 Å². The Morgan fingerprint density at radius 2 is 2.26 bits per heavy atom. The number of oxime groups is 1. The number of nitrogens with two attached hydrogens (primary N) is 1. The summed E-state index contributed by atoms with van der Waals surface area (Å²) in [6.07, 6.45) is 0.271. The first kappa shape index (κ1) is 13.0. The van der Waals surface area contributed by atoms with Crippen molar-refractivity contribution in [3.8, 4) is 11.5 Å². The van der Waals surface area contributed by atoms with E-state index in [0.717, 1.165) is 0 Å². The summed E-state index contributed by atoms with van der Waals surface area (Å²) in [5.41, 5.74) is 5.84. The Morgan fingerprint density at radius 3 is 3.00 bits per heavy atom. The van der Waals surface area contributed by atoms with E-state index in [4.69, 9.17) is 20.4 Å². The molecule has 0 spiro atoms. The third-order valence-electron chi connectivity index (χ3n) is 2.66. The number of nitrogens with one attached hydrogen (secondary N) is 1. The predicted octanol–water partition coefficient (Wildman–Crippen LogP) is 0.670. The highest BCUT2D eigenvalue weighted by Gasteiger charge is 2.17. The van der Waals surface area contributed by atoms with E-state index in [2.05, 4.69) is 10.5 Å². The standard InChI is InChI=1S/C12H15N3O4/c1-7(4-11(13)15-17)14-12(16)8-2-3-9-10(5-8)19-6-18-9/h2-3,5,7,17H,4,6H2,1H3,(H2,13,15)(H,14,16). The number of hydrogen-bond donors (Lipinski definition) is 3. The average molecular weight is 265 g/mol. The van der Waals surface area contributed by atoms with Gasteiger partial charge < -0.3 is 25.7 Å². The van der Waals surface area contributed by atoms with Gasteiger partial charge in [-0.1, -0.05) is 5.16 Å². The number of amides is 1. The van der Waals surface area contributed by atoms with Gasteiger partial charge >= 0.3 is 0 Å². The summed E-state index contributed by atoms with van der Waals surface area (Å²) in [5.74, 6) is 0.994. The van der Waals surface area contributed by atoms with Crippen molar-refractivity contribution in [2.24, 2.45) is 10.9 Å². The first-order valence-electron chi connectivity index (χ1n) is 5.77. The molecule has 1 aliphatic heterocycles. The zero-order valence-electron chi connectivity index (χ0n) is 10.4. The minimum Gasteiger partial charge on any atom is -0.454 e. The van der Waals surface area contributed by atoms with Crippen molar-refractivity contribution >= 4 is 11.7 Å². The van der Waals surface area contributed by atoms with Crippen LogP contribution in [-0.4, -0.2) is 29.8 Å². The van der Waals surface area contributed by atoms with Gasteiger partial charge in [0.05, 0.1) is 0 Å². The monoisotopic (exact) mass is 265 g/mol. The maximum Gasteiger partial charge on any atom is 0.251 e. The van der Waals surface area contributed by atoms with E-state index < -0.39 is 0 Å². The van der Waals surface area contributed by atoms with Crippen LogP contribution in [0.2, 0.25) is 0 Å². The van der Waals surface area contributed by atoms with Gasteiger partial charge in [0.1, 0.15) is 5.84 Å². The molecule has 2 rings (SSSR count). The van der Waals surface area contributed by atoms with Gasteiger partial charge in [-0.05, 0) is 25.1 Å². The quantitative estimate of drug-likeness (QED) is 0.321. The molecule has 0 aromatic heterocycles. The smallest absolute Gasteiger partial charge is 0.251 e. The topological polar surface area (TPSA) is 106 Å². The van der Waals surface area contributed by atoms with Gasteiger partial charge in [0.15, 0.2) is 11.5 Å². The van der Waals surface area contributed by atoms with E-state index in [9.17, 15) is 4.79 Å². The van der Waals surface area contributed by atoms with Crippen molar-refractivity contribution in [1.82, 2.24) is 5.32 Å². The molecule has 0 saturated carbocycles. The summed E-state index contributed by atoms with van der Waals surface area (Å²) in [5, 5.41) is 14.1. The van der Waals surface area contributed by atoms with Crippen LogP contribution in [0.1, 0.15) is 23.7 Å². The molecule has 7 heteroatoms. The molecule has 1 aromatic rings. The molecular formula is C12H15N3O4. The van der Waals surface area contributed by atoms with E-state index >= 15 is 0 Å². The molecular weight excluding hydrogens is 250 g/mol. The summed E-state index contributed by atoms with van der Waals surface area (Å²) in [7, 11) is 0. The van der Waals surface area contributed by atoms with Crippen LogP contribution >= 0.6 is 0 Å². The van der Waals surface area contributed by atoms with E-state index in [1.165, 1.54) is 0 Å². The number of carbonyl (C=O) groups is 1. The summed E-state index contributed by atoms with van der Waals surface area (Å²) in [6, 6.07) is 4.71. The maximum absolute atomic E-state index is 12.0. The molecule has 0 radical (unpaired) electrons. The highest BCUT2D eigenvalue weighted by molar-refractivity contribution is 5.95. The Bertz CT molecular complexity index is 516. The largest absolute Gasteiger partial charge is 0.454 e. The number of amidine groups is 1. The fourth-order valence-corrected chi connectivity index (χ4v) is 1.75. The minimum atomic E-state index is -0.253. The van der Waals surface area contributed by atoms with Crippen LogP contribution in [-0.2, 0) is 0 Å². The van der Waals surface area contributed by atoms with Crippen molar-refractivity contribution in [3.05, 3.63) is 23.8 Å². The van der Waals surface area contributed by atoms with E-state index in [1.807, 2.05) is 0 Å². The molecule has 1 amide bonds. The Balaban J connectivity index is 2.00. The Kier molecular flexibility index (Phi) is 3.74. The van der Waals surface area contributed by atoms with Gasteiger partial charge in [-0.15, -0.1) is 0 Å². The summed E-state index contributed by atoms with van der Waals surface area (Å²) < 4.78 is 10.4. The number of fused-ring (bicyclic) bond motifs is 1. The van der Waals surface area contributed by atoms with Gasteiger partial charge in [-0.3, -0.25) is 4.79 Å². The molecule has 0 bridgehead atoms. The lowest BCUT2D eigenvalue weighted by atomic mass is 10.1. The third-order valence-corrected chi connectivity index (χ3v) is 2.66. The van der Waals surface area contributed by atoms with Crippen LogP contribution in [0.25, 0.3) is 0 Å². The molecule has 0 fully saturated rings. The number of nitrogens with zero attached hydrogens (tertiary/aromatic N) is 1. The van der Waals surface area contributed by atoms with Gasteiger partial charge in [0, 0.05) is 18.0 Å². The van der Waals surface area contributed by atoms with E-state index in [-0.39, 0.29) is 31.0 Å². The number of carbonyl (C=O) groups excluding carboxylic acids is 1. The maximum atomic E-state index is 12.0. The number of hydrogen-bond acceptors (Lipinski definition) is 5. The van der Waals surface area contributed by atoms with Gasteiger partial charge in [0.2, 0.25) is 6.79 Å². The van der Waals surface area contributed by atoms with Crippen LogP contribution in [0.4, 0.5) is 0 Å². The highest BCUT2D eigenvalue weighted by Crippen LogP contribution is 2.32. The van der Waals surface area contributed by atoms with Gasteiger partial charge in [-0.25, -0.2) is 0 Å². The molecule has 1 heterocycles. The fourth-order valence-electron chi connectivity index (χ4n) is 1.75. The lowest BCUT2D eigenvalue weighted by molar-refractivity contribution is 0.0940. The second-order valence-electron chi connectivity index (χ2n) is 4.24. The lowest BCUT2D eigenvalue weighted by Crippen LogP contribution is -2.35. The third kappa shape index (κ3) is 3.06. The first-order valence-corrected chi connectivity index (χ1v) is 5.77. The average Bonchev–Trinajstić information content (AvgIpc) is 2.85. The van der Waals surface area contributed by atoms with Crippen LogP contribution in [0.15, 0.2) is 23.4 Å².